The monoisotopic (exact) mass is 425 g/mol. The summed E-state index contributed by atoms with van der Waals surface area (Å²) >= 11 is 6.87. The average molecular weight is 427 g/mol. The first-order chi connectivity index (χ1) is 10.6. The van der Waals surface area contributed by atoms with E-state index in [1.807, 2.05) is 42.5 Å². The van der Waals surface area contributed by atoms with Gasteiger partial charge in [-0.3, -0.25) is 4.79 Å². The van der Waals surface area contributed by atoms with Gasteiger partial charge in [0, 0.05) is 4.47 Å². The molecule has 116 valence electrons. The lowest BCUT2D eigenvalue weighted by molar-refractivity contribution is -0.118. The highest BCUT2D eigenvalue weighted by Gasteiger charge is 2.08. The lowest BCUT2D eigenvalue weighted by Gasteiger charge is -2.11. The van der Waals surface area contributed by atoms with E-state index in [0.29, 0.717) is 5.75 Å². The molecule has 2 aromatic rings. The maximum absolute atomic E-state index is 11.9. The van der Waals surface area contributed by atoms with Crippen molar-refractivity contribution in [2.75, 3.05) is 11.9 Å². The predicted molar refractivity (Wildman–Crippen MR) is 96.4 cm³/mol. The molecule has 0 aliphatic heterocycles. The molecule has 0 bridgehead atoms. The highest BCUT2D eigenvalue weighted by molar-refractivity contribution is 9.11. The SMILES string of the molecule is CCCc1ccc(OCC(=O)Nc2ccccc2Br)c(Br)c1. The number of ether oxygens (including phenoxy) is 1. The zero-order valence-corrected chi connectivity index (χ0v) is 15.4. The Kier molecular flexibility index (Phi) is 6.46. The second-order valence-corrected chi connectivity index (χ2v) is 6.54. The number of halogens is 2. The summed E-state index contributed by atoms with van der Waals surface area (Å²) in [5.74, 6) is 0.471. The zero-order valence-electron chi connectivity index (χ0n) is 12.2. The number of aryl methyl sites for hydroxylation is 1. The van der Waals surface area contributed by atoms with Crippen LogP contribution in [0.15, 0.2) is 51.4 Å². The number of para-hydroxylation sites is 1. The van der Waals surface area contributed by atoms with E-state index >= 15 is 0 Å². The summed E-state index contributed by atoms with van der Waals surface area (Å²) in [5, 5.41) is 2.81. The van der Waals surface area contributed by atoms with Gasteiger partial charge in [-0.05, 0) is 68.1 Å². The molecule has 0 saturated heterocycles. The van der Waals surface area contributed by atoms with E-state index in [4.69, 9.17) is 4.74 Å². The number of benzene rings is 2. The Bertz CT molecular complexity index is 659. The summed E-state index contributed by atoms with van der Waals surface area (Å²) in [6.07, 6.45) is 2.13. The van der Waals surface area contributed by atoms with Crippen molar-refractivity contribution in [3.05, 3.63) is 57.0 Å². The average Bonchev–Trinajstić information content (AvgIpc) is 2.49. The summed E-state index contributed by atoms with van der Waals surface area (Å²) in [5.41, 5.74) is 1.98. The van der Waals surface area contributed by atoms with Crippen molar-refractivity contribution in [1.29, 1.82) is 0 Å². The number of nitrogens with one attached hydrogen (secondary N) is 1. The minimum atomic E-state index is -0.198. The number of amides is 1. The maximum atomic E-state index is 11.9. The molecule has 2 rings (SSSR count). The number of anilines is 1. The van der Waals surface area contributed by atoms with Crippen LogP contribution in [-0.4, -0.2) is 12.5 Å². The molecule has 0 heterocycles. The third-order valence-electron chi connectivity index (χ3n) is 3.04. The number of hydrogen-bond donors (Lipinski definition) is 1. The summed E-state index contributed by atoms with van der Waals surface area (Å²) < 4.78 is 7.28. The van der Waals surface area contributed by atoms with Gasteiger partial charge in [0.25, 0.3) is 5.91 Å². The Morgan fingerprint density at radius 3 is 2.59 bits per heavy atom. The largest absolute Gasteiger partial charge is 0.483 e. The smallest absolute Gasteiger partial charge is 0.262 e. The van der Waals surface area contributed by atoms with Gasteiger partial charge in [-0.25, -0.2) is 0 Å². The van der Waals surface area contributed by atoms with Gasteiger partial charge in [-0.15, -0.1) is 0 Å². The van der Waals surface area contributed by atoms with E-state index in [1.165, 1.54) is 5.56 Å². The minimum absolute atomic E-state index is 0.0347. The van der Waals surface area contributed by atoms with Crippen LogP contribution in [0.4, 0.5) is 5.69 Å². The van der Waals surface area contributed by atoms with Gasteiger partial charge in [0.1, 0.15) is 5.75 Å². The van der Waals surface area contributed by atoms with Crippen molar-refractivity contribution in [2.45, 2.75) is 19.8 Å². The van der Waals surface area contributed by atoms with Crippen molar-refractivity contribution in [1.82, 2.24) is 0 Å². The lowest BCUT2D eigenvalue weighted by atomic mass is 10.1. The summed E-state index contributed by atoms with van der Waals surface area (Å²) in [7, 11) is 0. The topological polar surface area (TPSA) is 38.3 Å². The zero-order chi connectivity index (χ0) is 15.9. The van der Waals surface area contributed by atoms with E-state index in [2.05, 4.69) is 44.1 Å². The molecule has 22 heavy (non-hydrogen) atoms. The quantitative estimate of drug-likeness (QED) is 0.690. The van der Waals surface area contributed by atoms with Crippen molar-refractivity contribution in [3.63, 3.8) is 0 Å². The molecule has 0 aliphatic carbocycles. The number of carbonyl (C=O) groups is 1. The molecule has 0 spiro atoms. The van der Waals surface area contributed by atoms with Crippen LogP contribution in [0.2, 0.25) is 0 Å². The molecule has 0 saturated carbocycles. The summed E-state index contributed by atoms with van der Waals surface area (Å²) in [6.45, 7) is 2.11. The fourth-order valence-electron chi connectivity index (χ4n) is 2.00. The van der Waals surface area contributed by atoms with Crippen LogP contribution in [0.3, 0.4) is 0 Å². The van der Waals surface area contributed by atoms with E-state index in [-0.39, 0.29) is 12.5 Å². The van der Waals surface area contributed by atoms with E-state index in [1.54, 1.807) is 0 Å². The number of carbonyl (C=O) groups excluding carboxylic acids is 1. The van der Waals surface area contributed by atoms with Gasteiger partial charge in [-0.1, -0.05) is 31.5 Å². The third kappa shape index (κ3) is 4.85. The first kappa shape index (κ1) is 17.0. The van der Waals surface area contributed by atoms with Crippen LogP contribution >= 0.6 is 31.9 Å². The van der Waals surface area contributed by atoms with Crippen LogP contribution in [0, 0.1) is 0 Å². The van der Waals surface area contributed by atoms with Gasteiger partial charge < -0.3 is 10.1 Å². The molecule has 0 atom stereocenters. The second kappa shape index (κ2) is 8.34. The van der Waals surface area contributed by atoms with Crippen molar-refractivity contribution >= 4 is 43.5 Å². The molecule has 0 fully saturated rings. The number of hydrogen-bond acceptors (Lipinski definition) is 2. The lowest BCUT2D eigenvalue weighted by Crippen LogP contribution is -2.20. The van der Waals surface area contributed by atoms with Crippen LogP contribution in [0.25, 0.3) is 0 Å². The molecule has 0 unspecified atom stereocenters. The highest BCUT2D eigenvalue weighted by atomic mass is 79.9. The fourth-order valence-corrected chi connectivity index (χ4v) is 2.92. The minimum Gasteiger partial charge on any atom is -0.483 e. The molecule has 0 radical (unpaired) electrons. The van der Waals surface area contributed by atoms with Gasteiger partial charge in [-0.2, -0.15) is 0 Å². The van der Waals surface area contributed by atoms with Crippen molar-refractivity contribution in [3.8, 4) is 5.75 Å². The fraction of sp³-hybridized carbons (Fsp3) is 0.235. The summed E-state index contributed by atoms with van der Waals surface area (Å²) in [6, 6.07) is 13.4. The number of rotatable bonds is 6. The van der Waals surface area contributed by atoms with Gasteiger partial charge in [0.15, 0.2) is 6.61 Å². The maximum Gasteiger partial charge on any atom is 0.262 e. The molecule has 0 aromatic heterocycles. The van der Waals surface area contributed by atoms with Crippen LogP contribution < -0.4 is 10.1 Å². The van der Waals surface area contributed by atoms with Crippen LogP contribution in [0.5, 0.6) is 5.75 Å². The Hall–Kier alpha value is -1.33. The Labute approximate surface area is 147 Å². The molecule has 2 aromatic carbocycles. The molecule has 3 nitrogen and oxygen atoms in total. The molecular formula is C17H17Br2NO2. The van der Waals surface area contributed by atoms with Crippen LogP contribution in [0.1, 0.15) is 18.9 Å². The molecular weight excluding hydrogens is 410 g/mol. The van der Waals surface area contributed by atoms with Crippen LogP contribution in [-0.2, 0) is 11.2 Å². The predicted octanol–water partition coefficient (Wildman–Crippen LogP) is 5.18. The normalized spacial score (nSPS) is 10.3. The first-order valence-corrected chi connectivity index (χ1v) is 8.64. The van der Waals surface area contributed by atoms with E-state index in [9.17, 15) is 4.79 Å². The molecule has 5 heteroatoms. The molecule has 1 amide bonds. The van der Waals surface area contributed by atoms with Gasteiger partial charge >= 0.3 is 0 Å². The Balaban J connectivity index is 1.92. The Morgan fingerprint density at radius 1 is 1.14 bits per heavy atom. The van der Waals surface area contributed by atoms with E-state index in [0.717, 1.165) is 27.5 Å². The standard InChI is InChI=1S/C17H17Br2NO2/c1-2-5-12-8-9-16(14(19)10-12)22-11-17(21)20-15-7-4-3-6-13(15)18/h3-4,6-10H,2,5,11H2,1H3,(H,20,21). The second-order valence-electron chi connectivity index (χ2n) is 4.83. The third-order valence-corrected chi connectivity index (χ3v) is 4.35. The molecule has 0 aliphatic rings. The van der Waals surface area contributed by atoms with Crippen molar-refractivity contribution < 1.29 is 9.53 Å². The first-order valence-electron chi connectivity index (χ1n) is 7.05. The van der Waals surface area contributed by atoms with Gasteiger partial charge in [0.2, 0.25) is 0 Å². The Morgan fingerprint density at radius 2 is 1.91 bits per heavy atom. The molecule has 1 N–H and O–H groups in total. The highest BCUT2D eigenvalue weighted by Crippen LogP contribution is 2.27. The van der Waals surface area contributed by atoms with Crippen molar-refractivity contribution in [2.24, 2.45) is 0 Å². The van der Waals surface area contributed by atoms with Gasteiger partial charge in [0.05, 0.1) is 10.2 Å². The van der Waals surface area contributed by atoms with E-state index < -0.39 is 0 Å². The summed E-state index contributed by atoms with van der Waals surface area (Å²) in [4.78, 5) is 11.9.